The lowest BCUT2D eigenvalue weighted by Gasteiger charge is -2.40. The van der Waals surface area contributed by atoms with Gasteiger partial charge in [0.1, 0.15) is 0 Å². The number of hydrogen-bond acceptors (Lipinski definition) is 4. The fraction of sp³-hybridized carbons (Fsp3) is 0.857. The van der Waals surface area contributed by atoms with E-state index < -0.39 is 24.6 Å². The van der Waals surface area contributed by atoms with Crippen LogP contribution in [0.25, 0.3) is 0 Å². The topological polar surface area (TPSA) is 93.1 Å². The Labute approximate surface area is 124 Å². The van der Waals surface area contributed by atoms with E-state index in [-0.39, 0.29) is 0 Å². The molecule has 0 aromatic carbocycles. The van der Waals surface area contributed by atoms with Crippen LogP contribution in [-0.4, -0.2) is 76.9 Å². The first kappa shape index (κ1) is 16.0. The number of aliphatic hydroxyl groups excluding tert-OH is 1. The van der Waals surface area contributed by atoms with Crippen molar-refractivity contribution in [2.24, 2.45) is 0 Å². The summed E-state index contributed by atoms with van der Waals surface area (Å²) in [5.74, 6) is -1.21. The van der Waals surface area contributed by atoms with Crippen molar-refractivity contribution in [3.63, 3.8) is 0 Å². The van der Waals surface area contributed by atoms with Gasteiger partial charge in [-0.15, -0.1) is 0 Å². The molecule has 1 atom stereocenters. The third kappa shape index (κ3) is 4.31. The number of aliphatic hydroxyl groups is 1. The number of rotatable bonds is 4. The number of carbonyl (C=O) groups excluding carboxylic acids is 1. The Bertz CT molecular complexity index is 363. The van der Waals surface area contributed by atoms with Crippen LogP contribution in [0.5, 0.6) is 0 Å². The van der Waals surface area contributed by atoms with Crippen LogP contribution in [0.2, 0.25) is 0 Å². The number of carboxylic acids is 1. The van der Waals surface area contributed by atoms with Crippen molar-refractivity contribution in [3.8, 4) is 0 Å². The van der Waals surface area contributed by atoms with E-state index in [0.717, 1.165) is 25.9 Å². The number of urea groups is 1. The first-order chi connectivity index (χ1) is 10.1. The molecule has 21 heavy (non-hydrogen) atoms. The molecule has 0 aromatic rings. The maximum absolute atomic E-state index is 12.0. The molecule has 0 aliphatic carbocycles. The molecular formula is C14H25N3O4. The predicted molar refractivity (Wildman–Crippen MR) is 77.1 cm³/mol. The van der Waals surface area contributed by atoms with Crippen LogP contribution < -0.4 is 5.32 Å². The average molecular weight is 299 g/mol. The standard InChI is InChI=1S/C14H25N3O4/c18-10-12(13(19)20)15-14(21)17-8-4-11(5-9-17)16-6-2-1-3-7-16/h11-12,18H,1-10H2,(H,15,21)(H,19,20). The number of amides is 2. The van der Waals surface area contributed by atoms with Gasteiger partial charge in [-0.2, -0.15) is 0 Å². The SMILES string of the molecule is O=C(O)C(CO)NC(=O)N1CCC(N2CCCCC2)CC1. The second-order valence-electron chi connectivity index (χ2n) is 5.84. The molecular weight excluding hydrogens is 274 g/mol. The molecule has 2 rings (SSSR count). The molecule has 2 amide bonds. The normalized spacial score (nSPS) is 22.8. The van der Waals surface area contributed by atoms with Crippen LogP contribution in [0, 0.1) is 0 Å². The summed E-state index contributed by atoms with van der Waals surface area (Å²) < 4.78 is 0. The summed E-state index contributed by atoms with van der Waals surface area (Å²) >= 11 is 0. The molecule has 2 fully saturated rings. The fourth-order valence-electron chi connectivity index (χ4n) is 3.14. The maximum Gasteiger partial charge on any atom is 0.328 e. The van der Waals surface area contributed by atoms with E-state index >= 15 is 0 Å². The van der Waals surface area contributed by atoms with Crippen molar-refractivity contribution in [1.29, 1.82) is 0 Å². The van der Waals surface area contributed by atoms with Crippen LogP contribution in [0.4, 0.5) is 4.79 Å². The predicted octanol–water partition coefficient (Wildman–Crippen LogP) is 0.0918. The summed E-state index contributed by atoms with van der Waals surface area (Å²) in [5, 5.41) is 20.1. The third-order valence-corrected chi connectivity index (χ3v) is 4.44. The molecule has 2 heterocycles. The summed E-state index contributed by atoms with van der Waals surface area (Å²) in [7, 11) is 0. The number of hydrogen-bond donors (Lipinski definition) is 3. The molecule has 2 saturated heterocycles. The monoisotopic (exact) mass is 299 g/mol. The molecule has 0 spiro atoms. The summed E-state index contributed by atoms with van der Waals surface area (Å²) in [6.07, 6.45) is 5.71. The van der Waals surface area contributed by atoms with Gasteiger partial charge in [0.25, 0.3) is 0 Å². The minimum Gasteiger partial charge on any atom is -0.480 e. The van der Waals surface area contributed by atoms with Crippen molar-refractivity contribution in [1.82, 2.24) is 15.1 Å². The number of nitrogens with one attached hydrogen (secondary N) is 1. The number of likely N-dealkylation sites (tertiary alicyclic amines) is 2. The van der Waals surface area contributed by atoms with E-state index in [1.807, 2.05) is 0 Å². The summed E-state index contributed by atoms with van der Waals surface area (Å²) in [5.41, 5.74) is 0. The maximum atomic E-state index is 12.0. The van der Waals surface area contributed by atoms with Gasteiger partial charge in [-0.25, -0.2) is 9.59 Å². The lowest BCUT2D eigenvalue weighted by molar-refractivity contribution is -0.140. The lowest BCUT2D eigenvalue weighted by Crippen LogP contribution is -2.54. The van der Waals surface area contributed by atoms with Gasteiger partial charge >= 0.3 is 12.0 Å². The van der Waals surface area contributed by atoms with Gasteiger partial charge in [0.05, 0.1) is 6.61 Å². The molecule has 0 bridgehead atoms. The van der Waals surface area contributed by atoms with Crippen molar-refractivity contribution < 1.29 is 19.8 Å². The van der Waals surface area contributed by atoms with E-state index in [1.165, 1.54) is 19.3 Å². The second-order valence-corrected chi connectivity index (χ2v) is 5.84. The highest BCUT2D eigenvalue weighted by molar-refractivity contribution is 5.82. The minimum atomic E-state index is -1.22. The van der Waals surface area contributed by atoms with E-state index in [0.29, 0.717) is 19.1 Å². The zero-order chi connectivity index (χ0) is 15.2. The molecule has 3 N–H and O–H groups in total. The van der Waals surface area contributed by atoms with E-state index in [1.54, 1.807) is 4.90 Å². The summed E-state index contributed by atoms with van der Waals surface area (Å²) in [6, 6.07) is -1.08. The Hall–Kier alpha value is -1.34. The number of carboxylic acid groups (broad SMARTS) is 1. The molecule has 1 unspecified atom stereocenters. The van der Waals surface area contributed by atoms with Crippen LogP contribution in [0.1, 0.15) is 32.1 Å². The number of aliphatic carboxylic acids is 1. The van der Waals surface area contributed by atoms with Crippen molar-refractivity contribution in [2.45, 2.75) is 44.2 Å². The number of piperidine rings is 2. The first-order valence-corrected chi connectivity index (χ1v) is 7.75. The van der Waals surface area contributed by atoms with Crippen molar-refractivity contribution in [2.75, 3.05) is 32.8 Å². The highest BCUT2D eigenvalue weighted by Crippen LogP contribution is 2.20. The Kier molecular flexibility index (Phi) is 5.81. The van der Waals surface area contributed by atoms with E-state index in [9.17, 15) is 9.59 Å². The van der Waals surface area contributed by atoms with Gasteiger partial charge in [-0.05, 0) is 38.8 Å². The van der Waals surface area contributed by atoms with E-state index in [4.69, 9.17) is 10.2 Å². The molecule has 7 heteroatoms. The molecule has 0 saturated carbocycles. The highest BCUT2D eigenvalue weighted by Gasteiger charge is 2.29. The van der Waals surface area contributed by atoms with Crippen molar-refractivity contribution in [3.05, 3.63) is 0 Å². The Morgan fingerprint density at radius 3 is 2.24 bits per heavy atom. The van der Waals surface area contributed by atoms with Gasteiger partial charge in [0.2, 0.25) is 0 Å². The molecule has 120 valence electrons. The minimum absolute atomic E-state index is 0.395. The van der Waals surface area contributed by atoms with Crippen LogP contribution in [-0.2, 0) is 4.79 Å². The third-order valence-electron chi connectivity index (χ3n) is 4.44. The number of nitrogens with zero attached hydrogens (tertiary/aromatic N) is 2. The van der Waals surface area contributed by atoms with Gasteiger partial charge < -0.3 is 25.3 Å². The lowest BCUT2D eigenvalue weighted by atomic mass is 10.00. The number of carbonyl (C=O) groups is 2. The highest BCUT2D eigenvalue weighted by atomic mass is 16.4. The van der Waals surface area contributed by atoms with Crippen LogP contribution in [0.3, 0.4) is 0 Å². The molecule has 0 aromatic heterocycles. The Morgan fingerprint density at radius 2 is 1.71 bits per heavy atom. The summed E-state index contributed by atoms with van der Waals surface area (Å²) in [4.78, 5) is 27.0. The molecule has 7 nitrogen and oxygen atoms in total. The summed E-state index contributed by atoms with van der Waals surface area (Å²) in [6.45, 7) is 3.01. The smallest absolute Gasteiger partial charge is 0.328 e. The van der Waals surface area contributed by atoms with Gasteiger partial charge in [0, 0.05) is 19.1 Å². The zero-order valence-corrected chi connectivity index (χ0v) is 12.3. The zero-order valence-electron chi connectivity index (χ0n) is 12.3. The molecule has 2 aliphatic heterocycles. The largest absolute Gasteiger partial charge is 0.480 e. The van der Waals surface area contributed by atoms with Crippen molar-refractivity contribution >= 4 is 12.0 Å². The van der Waals surface area contributed by atoms with Gasteiger partial charge in [-0.1, -0.05) is 6.42 Å². The molecule has 2 aliphatic rings. The van der Waals surface area contributed by atoms with Gasteiger partial charge in [0.15, 0.2) is 6.04 Å². The quantitative estimate of drug-likeness (QED) is 0.684. The average Bonchev–Trinajstić information content (AvgIpc) is 2.53. The second kappa shape index (κ2) is 7.61. The fourth-order valence-corrected chi connectivity index (χ4v) is 3.14. The molecule has 0 radical (unpaired) electrons. The Morgan fingerprint density at radius 1 is 1.10 bits per heavy atom. The Balaban J connectivity index is 1.77. The van der Waals surface area contributed by atoms with Crippen LogP contribution in [0.15, 0.2) is 0 Å². The first-order valence-electron chi connectivity index (χ1n) is 7.75. The van der Waals surface area contributed by atoms with Crippen LogP contribution >= 0.6 is 0 Å². The van der Waals surface area contributed by atoms with E-state index in [2.05, 4.69) is 10.2 Å². The van der Waals surface area contributed by atoms with Gasteiger partial charge in [-0.3, -0.25) is 0 Å².